The predicted octanol–water partition coefficient (Wildman–Crippen LogP) is 2.75. The number of pyridine rings is 1. The van der Waals surface area contributed by atoms with Gasteiger partial charge in [0.1, 0.15) is 11.3 Å². The summed E-state index contributed by atoms with van der Waals surface area (Å²) in [7, 11) is 0. The van der Waals surface area contributed by atoms with Crippen molar-refractivity contribution in [2.45, 2.75) is 31.7 Å². The standard InChI is InChI=1S/C12H13BrN4S/c13-8-5-9-12(15-6-8)17(4-3-10(14)18)11(16-9)7-1-2-7/h5-7H,1-4H2,(H2,14,18). The Morgan fingerprint density at radius 2 is 2.33 bits per heavy atom. The van der Waals surface area contributed by atoms with Crippen molar-refractivity contribution >= 4 is 44.3 Å². The summed E-state index contributed by atoms with van der Waals surface area (Å²) in [5, 5.41) is 0. The third-order valence-electron chi connectivity index (χ3n) is 3.11. The molecule has 94 valence electrons. The number of aryl methyl sites for hydroxylation is 1. The molecule has 2 heterocycles. The summed E-state index contributed by atoms with van der Waals surface area (Å²) < 4.78 is 3.12. The number of rotatable bonds is 4. The molecule has 1 aliphatic carbocycles. The number of halogens is 1. The Hall–Kier alpha value is -1.01. The second-order valence-corrected chi connectivity index (χ2v) is 6.05. The van der Waals surface area contributed by atoms with Crippen molar-refractivity contribution in [2.24, 2.45) is 5.73 Å². The minimum atomic E-state index is 0.538. The third-order valence-corrected chi connectivity index (χ3v) is 3.74. The fourth-order valence-corrected chi connectivity index (χ4v) is 2.51. The molecule has 0 aliphatic heterocycles. The Morgan fingerprint density at radius 1 is 1.56 bits per heavy atom. The molecule has 0 radical (unpaired) electrons. The zero-order valence-electron chi connectivity index (χ0n) is 9.77. The van der Waals surface area contributed by atoms with Gasteiger partial charge in [-0.2, -0.15) is 0 Å². The number of imidazole rings is 1. The van der Waals surface area contributed by atoms with Crippen molar-refractivity contribution in [1.29, 1.82) is 0 Å². The molecule has 4 nitrogen and oxygen atoms in total. The van der Waals surface area contributed by atoms with Crippen molar-refractivity contribution in [2.75, 3.05) is 0 Å². The summed E-state index contributed by atoms with van der Waals surface area (Å²) in [5.74, 6) is 1.72. The molecule has 1 saturated carbocycles. The molecule has 2 aromatic rings. The Labute approximate surface area is 119 Å². The lowest BCUT2D eigenvalue weighted by Gasteiger charge is -2.06. The second-order valence-electron chi connectivity index (χ2n) is 4.61. The first-order valence-corrected chi connectivity index (χ1v) is 7.15. The van der Waals surface area contributed by atoms with Gasteiger partial charge in [-0.25, -0.2) is 9.97 Å². The third kappa shape index (κ3) is 2.27. The molecule has 2 aromatic heterocycles. The van der Waals surface area contributed by atoms with Gasteiger partial charge in [0.25, 0.3) is 0 Å². The summed E-state index contributed by atoms with van der Waals surface area (Å²) >= 11 is 8.38. The highest BCUT2D eigenvalue weighted by Crippen LogP contribution is 2.40. The van der Waals surface area contributed by atoms with E-state index in [0.717, 1.165) is 28.0 Å². The van der Waals surface area contributed by atoms with Crippen LogP contribution in [0.15, 0.2) is 16.7 Å². The predicted molar refractivity (Wildman–Crippen MR) is 78.6 cm³/mol. The smallest absolute Gasteiger partial charge is 0.160 e. The van der Waals surface area contributed by atoms with Crippen LogP contribution < -0.4 is 5.73 Å². The summed E-state index contributed by atoms with van der Waals surface area (Å²) in [6.07, 6.45) is 4.94. The van der Waals surface area contributed by atoms with Crippen LogP contribution in [0, 0.1) is 0 Å². The van der Waals surface area contributed by atoms with Gasteiger partial charge in [-0.15, -0.1) is 0 Å². The molecule has 0 aromatic carbocycles. The van der Waals surface area contributed by atoms with E-state index in [9.17, 15) is 0 Å². The lowest BCUT2D eigenvalue weighted by Crippen LogP contribution is -2.13. The van der Waals surface area contributed by atoms with Gasteiger partial charge in [-0.05, 0) is 34.8 Å². The normalized spacial score (nSPS) is 15.2. The SMILES string of the molecule is NC(=S)CCn1c(C2CC2)nc2cc(Br)cnc21. The van der Waals surface area contributed by atoms with E-state index in [4.69, 9.17) is 22.9 Å². The number of hydrogen-bond acceptors (Lipinski definition) is 3. The maximum atomic E-state index is 5.59. The van der Waals surface area contributed by atoms with Gasteiger partial charge >= 0.3 is 0 Å². The number of hydrogen-bond donors (Lipinski definition) is 1. The molecule has 0 saturated heterocycles. The fraction of sp³-hybridized carbons (Fsp3) is 0.417. The highest BCUT2D eigenvalue weighted by Gasteiger charge is 2.29. The quantitative estimate of drug-likeness (QED) is 0.878. The van der Waals surface area contributed by atoms with Crippen molar-refractivity contribution in [3.05, 3.63) is 22.6 Å². The van der Waals surface area contributed by atoms with Crippen molar-refractivity contribution < 1.29 is 0 Å². The molecule has 18 heavy (non-hydrogen) atoms. The van der Waals surface area contributed by atoms with Gasteiger partial charge in [-0.3, -0.25) is 0 Å². The van der Waals surface area contributed by atoms with E-state index >= 15 is 0 Å². The van der Waals surface area contributed by atoms with Crippen LogP contribution >= 0.6 is 28.1 Å². The molecule has 3 rings (SSSR count). The molecule has 0 atom stereocenters. The Balaban J connectivity index is 2.06. The average Bonchev–Trinajstić information content (AvgIpc) is 3.09. The number of fused-ring (bicyclic) bond motifs is 1. The van der Waals surface area contributed by atoms with E-state index < -0.39 is 0 Å². The van der Waals surface area contributed by atoms with Crippen LogP contribution in [-0.2, 0) is 6.54 Å². The molecular weight excluding hydrogens is 312 g/mol. The van der Waals surface area contributed by atoms with Crippen LogP contribution in [0.4, 0.5) is 0 Å². The molecule has 2 N–H and O–H groups in total. The lowest BCUT2D eigenvalue weighted by molar-refractivity contribution is 0.688. The maximum Gasteiger partial charge on any atom is 0.160 e. The van der Waals surface area contributed by atoms with Crippen LogP contribution in [-0.4, -0.2) is 19.5 Å². The maximum absolute atomic E-state index is 5.59. The summed E-state index contributed by atoms with van der Waals surface area (Å²) in [4.78, 5) is 9.70. The minimum Gasteiger partial charge on any atom is -0.393 e. The molecule has 6 heteroatoms. The number of thiocarbonyl (C=S) groups is 1. The van der Waals surface area contributed by atoms with Crippen molar-refractivity contribution in [3.63, 3.8) is 0 Å². The molecule has 0 spiro atoms. The number of nitrogens with zero attached hydrogens (tertiary/aromatic N) is 3. The number of aromatic nitrogens is 3. The zero-order valence-corrected chi connectivity index (χ0v) is 12.2. The monoisotopic (exact) mass is 324 g/mol. The van der Waals surface area contributed by atoms with Crippen molar-refractivity contribution in [1.82, 2.24) is 14.5 Å². The average molecular weight is 325 g/mol. The van der Waals surface area contributed by atoms with Gasteiger partial charge in [0, 0.05) is 29.6 Å². The van der Waals surface area contributed by atoms with Crippen LogP contribution in [0.1, 0.15) is 31.0 Å². The number of nitrogens with two attached hydrogens (primary N) is 1. The molecule has 1 fully saturated rings. The summed E-state index contributed by atoms with van der Waals surface area (Å²) in [6, 6.07) is 2.01. The topological polar surface area (TPSA) is 56.7 Å². The van der Waals surface area contributed by atoms with Crippen LogP contribution in [0.25, 0.3) is 11.2 Å². The van der Waals surface area contributed by atoms with Crippen molar-refractivity contribution in [3.8, 4) is 0 Å². The molecule has 0 bridgehead atoms. The van der Waals surface area contributed by atoms with Crippen LogP contribution in [0.3, 0.4) is 0 Å². The summed E-state index contributed by atoms with van der Waals surface area (Å²) in [6.45, 7) is 0.770. The van der Waals surface area contributed by atoms with E-state index in [1.807, 2.05) is 6.07 Å². The Kier molecular flexibility index (Phi) is 3.07. The second kappa shape index (κ2) is 4.59. The van der Waals surface area contributed by atoms with E-state index in [-0.39, 0.29) is 0 Å². The Bertz CT molecular complexity index is 618. The van der Waals surface area contributed by atoms with Gasteiger partial charge < -0.3 is 10.3 Å². The van der Waals surface area contributed by atoms with Gasteiger partial charge in [0.15, 0.2) is 5.65 Å². The van der Waals surface area contributed by atoms with Gasteiger partial charge in [0.05, 0.1) is 4.99 Å². The van der Waals surface area contributed by atoms with Gasteiger partial charge in [0.2, 0.25) is 0 Å². The fourth-order valence-electron chi connectivity index (χ4n) is 2.10. The van der Waals surface area contributed by atoms with Gasteiger partial charge in [-0.1, -0.05) is 12.2 Å². The molecule has 0 amide bonds. The highest BCUT2D eigenvalue weighted by atomic mass is 79.9. The van der Waals surface area contributed by atoms with Crippen LogP contribution in [0.2, 0.25) is 0 Å². The van der Waals surface area contributed by atoms with Crippen LogP contribution in [0.5, 0.6) is 0 Å². The first-order valence-electron chi connectivity index (χ1n) is 5.95. The highest BCUT2D eigenvalue weighted by molar-refractivity contribution is 9.10. The molecular formula is C12H13BrN4S. The first-order chi connectivity index (χ1) is 8.65. The minimum absolute atomic E-state index is 0.538. The first kappa shape index (κ1) is 12.0. The van der Waals surface area contributed by atoms with E-state index in [1.54, 1.807) is 6.20 Å². The Morgan fingerprint density at radius 3 is 3.00 bits per heavy atom. The zero-order chi connectivity index (χ0) is 12.7. The molecule has 0 unspecified atom stereocenters. The largest absolute Gasteiger partial charge is 0.393 e. The van der Waals surface area contributed by atoms with E-state index in [0.29, 0.717) is 17.3 Å². The van der Waals surface area contributed by atoms with E-state index in [1.165, 1.54) is 12.8 Å². The lowest BCUT2D eigenvalue weighted by atomic mass is 10.3. The molecule has 1 aliphatic rings. The van der Waals surface area contributed by atoms with E-state index in [2.05, 4.69) is 25.5 Å². The summed E-state index contributed by atoms with van der Waals surface area (Å²) in [5.41, 5.74) is 7.46.